The van der Waals surface area contributed by atoms with Gasteiger partial charge < -0.3 is 10.1 Å². The van der Waals surface area contributed by atoms with E-state index in [4.69, 9.17) is 4.74 Å². The van der Waals surface area contributed by atoms with Crippen molar-refractivity contribution in [3.8, 4) is 0 Å². The summed E-state index contributed by atoms with van der Waals surface area (Å²) in [4.78, 5) is 4.68. The van der Waals surface area contributed by atoms with Crippen LogP contribution >= 0.6 is 11.3 Å². The maximum Gasteiger partial charge on any atom is 0.0951 e. The third kappa shape index (κ3) is 3.27. The van der Waals surface area contributed by atoms with Gasteiger partial charge in [-0.15, -0.1) is 11.3 Å². The van der Waals surface area contributed by atoms with E-state index in [1.165, 1.54) is 30.0 Å². The molecule has 0 radical (unpaired) electrons. The zero-order valence-electron chi connectivity index (χ0n) is 9.87. The average Bonchev–Trinajstić information content (AvgIpc) is 2.79. The number of nitrogens with one attached hydrogen (secondary N) is 1. The molecule has 0 aromatic carbocycles. The number of hydrogen-bond acceptors (Lipinski definition) is 4. The average molecular weight is 240 g/mol. The normalized spacial score (nSPS) is 21.2. The molecule has 0 aliphatic carbocycles. The number of rotatable bonds is 5. The van der Waals surface area contributed by atoms with Crippen molar-refractivity contribution in [2.75, 3.05) is 19.8 Å². The second-order valence-corrected chi connectivity index (χ2v) is 5.06. The molecule has 3 nitrogen and oxygen atoms in total. The van der Waals surface area contributed by atoms with Crippen LogP contribution in [0.5, 0.6) is 0 Å². The van der Waals surface area contributed by atoms with Gasteiger partial charge in [0.2, 0.25) is 0 Å². The molecule has 1 aromatic heterocycles. The molecule has 0 amide bonds. The van der Waals surface area contributed by atoms with Crippen LogP contribution in [0.3, 0.4) is 0 Å². The van der Waals surface area contributed by atoms with Gasteiger partial charge in [0.15, 0.2) is 0 Å². The minimum Gasteiger partial charge on any atom is -0.381 e. The first-order valence-electron chi connectivity index (χ1n) is 6.15. The van der Waals surface area contributed by atoms with Crippen LogP contribution in [0.2, 0.25) is 0 Å². The van der Waals surface area contributed by atoms with Gasteiger partial charge in [-0.2, -0.15) is 0 Å². The summed E-state index contributed by atoms with van der Waals surface area (Å²) in [6, 6.07) is 0.492. The van der Waals surface area contributed by atoms with Crippen LogP contribution in [-0.4, -0.2) is 24.7 Å². The summed E-state index contributed by atoms with van der Waals surface area (Å²) in [7, 11) is 0. The molecule has 1 unspecified atom stereocenters. The highest BCUT2D eigenvalue weighted by atomic mass is 32.1. The van der Waals surface area contributed by atoms with Crippen molar-refractivity contribution in [1.82, 2.24) is 10.3 Å². The molecule has 2 heterocycles. The van der Waals surface area contributed by atoms with Crippen LogP contribution in [0, 0.1) is 0 Å². The molecule has 1 atom stereocenters. The van der Waals surface area contributed by atoms with E-state index in [0.717, 1.165) is 26.2 Å². The highest BCUT2D eigenvalue weighted by Crippen LogP contribution is 2.24. The second-order valence-electron chi connectivity index (χ2n) is 4.12. The molecule has 1 aliphatic rings. The third-order valence-electron chi connectivity index (χ3n) is 2.90. The second kappa shape index (κ2) is 6.33. The minimum absolute atomic E-state index is 0.492. The maximum atomic E-state index is 5.34. The van der Waals surface area contributed by atoms with Crippen LogP contribution in [0.15, 0.2) is 5.38 Å². The smallest absolute Gasteiger partial charge is 0.0951 e. The fourth-order valence-corrected chi connectivity index (χ4v) is 2.84. The summed E-state index contributed by atoms with van der Waals surface area (Å²) < 4.78 is 5.34. The quantitative estimate of drug-likeness (QED) is 0.803. The molecular weight excluding hydrogens is 220 g/mol. The molecule has 1 aromatic rings. The fourth-order valence-electron chi connectivity index (χ4n) is 2.01. The molecule has 1 aliphatic heterocycles. The molecule has 1 saturated heterocycles. The Hall–Kier alpha value is -0.450. The Kier molecular flexibility index (Phi) is 4.75. The van der Waals surface area contributed by atoms with Gasteiger partial charge in [0.1, 0.15) is 0 Å². The first kappa shape index (κ1) is 12.0. The Labute approximate surface area is 101 Å². The van der Waals surface area contributed by atoms with Crippen molar-refractivity contribution in [2.24, 2.45) is 0 Å². The lowest BCUT2D eigenvalue weighted by Gasteiger charge is -2.21. The van der Waals surface area contributed by atoms with Gasteiger partial charge >= 0.3 is 0 Å². The molecule has 0 bridgehead atoms. The Balaban J connectivity index is 1.85. The van der Waals surface area contributed by atoms with Crippen LogP contribution in [0.25, 0.3) is 0 Å². The van der Waals surface area contributed by atoms with E-state index in [1.807, 2.05) is 6.92 Å². The maximum absolute atomic E-state index is 5.34. The van der Waals surface area contributed by atoms with E-state index < -0.39 is 0 Å². The van der Waals surface area contributed by atoms with E-state index in [0.29, 0.717) is 6.04 Å². The summed E-state index contributed by atoms with van der Waals surface area (Å²) in [6.07, 6.45) is 4.81. The number of ether oxygens (including phenoxy) is 1. The summed E-state index contributed by atoms with van der Waals surface area (Å²) >= 11 is 1.76. The number of nitrogens with zero attached hydrogens (tertiary/aromatic N) is 1. The first-order chi connectivity index (χ1) is 7.90. The van der Waals surface area contributed by atoms with Crippen LogP contribution in [0.4, 0.5) is 0 Å². The largest absolute Gasteiger partial charge is 0.381 e. The zero-order chi connectivity index (χ0) is 11.2. The van der Waals surface area contributed by atoms with E-state index in [1.54, 1.807) is 11.3 Å². The van der Waals surface area contributed by atoms with Crippen molar-refractivity contribution in [3.63, 3.8) is 0 Å². The van der Waals surface area contributed by atoms with E-state index in [2.05, 4.69) is 15.7 Å². The molecule has 1 fully saturated rings. The van der Waals surface area contributed by atoms with Crippen molar-refractivity contribution in [2.45, 2.75) is 38.6 Å². The highest BCUT2D eigenvalue weighted by molar-refractivity contribution is 7.09. The molecule has 1 N–H and O–H groups in total. The molecule has 2 rings (SSSR count). The van der Waals surface area contributed by atoms with Gasteiger partial charge in [0, 0.05) is 18.4 Å². The van der Waals surface area contributed by atoms with E-state index in [9.17, 15) is 0 Å². The Morgan fingerprint density at radius 1 is 1.56 bits per heavy atom. The molecule has 16 heavy (non-hydrogen) atoms. The number of piperidine rings is 1. The number of hydrogen-bond donors (Lipinski definition) is 1. The van der Waals surface area contributed by atoms with E-state index >= 15 is 0 Å². The Bertz CT molecular complexity index is 308. The van der Waals surface area contributed by atoms with Gasteiger partial charge in [-0.05, 0) is 26.3 Å². The number of thiazole rings is 1. The molecule has 4 heteroatoms. The summed E-state index contributed by atoms with van der Waals surface area (Å²) in [6.45, 7) is 4.75. The van der Waals surface area contributed by atoms with Gasteiger partial charge in [0.25, 0.3) is 0 Å². The van der Waals surface area contributed by atoms with Gasteiger partial charge in [-0.3, -0.25) is 0 Å². The summed E-state index contributed by atoms with van der Waals surface area (Å²) in [5.41, 5.74) is 1.23. The van der Waals surface area contributed by atoms with Crippen LogP contribution < -0.4 is 5.32 Å². The van der Waals surface area contributed by atoms with Crippen LogP contribution in [0.1, 0.15) is 42.9 Å². The Morgan fingerprint density at radius 2 is 2.50 bits per heavy atom. The topological polar surface area (TPSA) is 34.1 Å². The summed E-state index contributed by atoms with van der Waals surface area (Å²) in [5, 5.41) is 6.93. The highest BCUT2D eigenvalue weighted by Gasteiger charge is 2.17. The SMILES string of the molecule is CCOCCc1nc(C2CCCCN2)cs1. The Morgan fingerprint density at radius 3 is 3.25 bits per heavy atom. The number of aromatic nitrogens is 1. The van der Waals surface area contributed by atoms with E-state index in [-0.39, 0.29) is 0 Å². The minimum atomic E-state index is 0.492. The monoisotopic (exact) mass is 240 g/mol. The van der Waals surface area contributed by atoms with Crippen molar-refractivity contribution >= 4 is 11.3 Å². The standard InChI is InChI=1S/C12H20N2OS/c1-2-15-8-6-12-14-11(9-16-12)10-5-3-4-7-13-10/h9-10,13H,2-8H2,1H3. The summed E-state index contributed by atoms with van der Waals surface area (Å²) in [5.74, 6) is 0. The molecule has 0 spiro atoms. The molecular formula is C12H20N2OS. The van der Waals surface area contributed by atoms with Crippen molar-refractivity contribution in [1.29, 1.82) is 0 Å². The third-order valence-corrected chi connectivity index (χ3v) is 3.83. The van der Waals surface area contributed by atoms with Crippen molar-refractivity contribution < 1.29 is 4.74 Å². The van der Waals surface area contributed by atoms with Gasteiger partial charge in [0.05, 0.1) is 23.4 Å². The lowest BCUT2D eigenvalue weighted by atomic mass is 10.0. The van der Waals surface area contributed by atoms with Crippen molar-refractivity contribution in [3.05, 3.63) is 16.1 Å². The lowest BCUT2D eigenvalue weighted by Crippen LogP contribution is -2.27. The van der Waals surface area contributed by atoms with Gasteiger partial charge in [-0.1, -0.05) is 6.42 Å². The van der Waals surface area contributed by atoms with Gasteiger partial charge in [-0.25, -0.2) is 4.98 Å². The lowest BCUT2D eigenvalue weighted by molar-refractivity contribution is 0.151. The molecule has 90 valence electrons. The molecule has 0 saturated carbocycles. The zero-order valence-corrected chi connectivity index (χ0v) is 10.7. The predicted molar refractivity (Wildman–Crippen MR) is 66.9 cm³/mol. The first-order valence-corrected chi connectivity index (χ1v) is 7.03. The van der Waals surface area contributed by atoms with Crippen LogP contribution in [-0.2, 0) is 11.2 Å². The fraction of sp³-hybridized carbons (Fsp3) is 0.750. The predicted octanol–water partition coefficient (Wildman–Crippen LogP) is 2.54.